The molecule has 2 aliphatic rings. The molecule has 1 saturated carbocycles. The first-order valence-corrected chi connectivity index (χ1v) is 8.48. The van der Waals surface area contributed by atoms with Gasteiger partial charge in [-0.3, -0.25) is 4.90 Å². The van der Waals surface area contributed by atoms with E-state index in [2.05, 4.69) is 22.3 Å². The molecule has 0 aromatic heterocycles. The fourth-order valence-electron chi connectivity index (χ4n) is 3.23. The molecule has 0 unspecified atom stereocenters. The molecule has 2 fully saturated rings. The van der Waals surface area contributed by atoms with Crippen LogP contribution in [-0.2, 0) is 4.74 Å². The van der Waals surface area contributed by atoms with Crippen molar-refractivity contribution in [2.24, 2.45) is 0 Å². The normalized spacial score (nSPS) is 26.5. The zero-order valence-corrected chi connectivity index (χ0v) is 13.3. The Morgan fingerprint density at radius 3 is 2.57 bits per heavy atom. The summed E-state index contributed by atoms with van der Waals surface area (Å²) in [5, 5.41) is 4.52. The van der Waals surface area contributed by atoms with Crippen molar-refractivity contribution < 1.29 is 4.74 Å². The van der Waals surface area contributed by atoms with Gasteiger partial charge < -0.3 is 10.1 Å². The summed E-state index contributed by atoms with van der Waals surface area (Å²) in [6.07, 6.45) is 3.76. The highest BCUT2D eigenvalue weighted by Gasteiger charge is 2.29. The van der Waals surface area contributed by atoms with Crippen molar-refractivity contribution in [3.63, 3.8) is 0 Å². The van der Waals surface area contributed by atoms with E-state index >= 15 is 0 Å². The Balaban J connectivity index is 1.28. The number of rotatable bonds is 6. The molecule has 21 heavy (non-hydrogen) atoms. The second kappa shape index (κ2) is 7.59. The predicted molar refractivity (Wildman–Crippen MR) is 87.1 cm³/mol. The van der Waals surface area contributed by atoms with Crippen LogP contribution in [0.1, 0.15) is 30.7 Å². The lowest BCUT2D eigenvalue weighted by Gasteiger charge is -2.36. The summed E-state index contributed by atoms with van der Waals surface area (Å²) in [4.78, 5) is 2.50. The first kappa shape index (κ1) is 15.3. The van der Waals surface area contributed by atoms with Gasteiger partial charge >= 0.3 is 0 Å². The Bertz CT molecular complexity index is 425. The minimum atomic E-state index is 0.704. The average molecular weight is 309 g/mol. The average Bonchev–Trinajstić information content (AvgIpc) is 2.48. The lowest BCUT2D eigenvalue weighted by Crippen LogP contribution is -2.42. The highest BCUT2D eigenvalue weighted by Crippen LogP contribution is 2.37. The van der Waals surface area contributed by atoms with Crippen molar-refractivity contribution >= 4 is 11.6 Å². The van der Waals surface area contributed by atoms with Crippen LogP contribution in [0.4, 0.5) is 0 Å². The van der Waals surface area contributed by atoms with Crippen LogP contribution < -0.4 is 5.32 Å². The minimum absolute atomic E-state index is 0.704. The molecular formula is C17H25ClN2O. The molecule has 0 radical (unpaired) electrons. The van der Waals surface area contributed by atoms with Gasteiger partial charge in [0.2, 0.25) is 0 Å². The van der Waals surface area contributed by atoms with Crippen molar-refractivity contribution in [2.45, 2.75) is 31.2 Å². The second-order valence-corrected chi connectivity index (χ2v) is 6.61. The Morgan fingerprint density at radius 1 is 1.14 bits per heavy atom. The van der Waals surface area contributed by atoms with Crippen molar-refractivity contribution in [1.29, 1.82) is 0 Å². The van der Waals surface area contributed by atoms with Crippen molar-refractivity contribution in [3.8, 4) is 0 Å². The van der Waals surface area contributed by atoms with Crippen molar-refractivity contribution in [2.75, 3.05) is 39.4 Å². The van der Waals surface area contributed by atoms with E-state index in [1.54, 1.807) is 0 Å². The summed E-state index contributed by atoms with van der Waals surface area (Å²) in [6.45, 7) is 6.33. The molecule has 4 heteroatoms. The summed E-state index contributed by atoms with van der Waals surface area (Å²) in [7, 11) is 0. The molecule has 1 heterocycles. The van der Waals surface area contributed by atoms with E-state index in [0.29, 0.717) is 6.04 Å². The molecule has 3 nitrogen and oxygen atoms in total. The monoisotopic (exact) mass is 308 g/mol. The Hall–Kier alpha value is -0.610. The quantitative estimate of drug-likeness (QED) is 0.818. The highest BCUT2D eigenvalue weighted by atomic mass is 35.5. The van der Waals surface area contributed by atoms with Gasteiger partial charge in [-0.1, -0.05) is 23.7 Å². The number of morpholine rings is 1. The third-order valence-corrected chi connectivity index (χ3v) is 4.92. The summed E-state index contributed by atoms with van der Waals surface area (Å²) < 4.78 is 5.37. The van der Waals surface area contributed by atoms with Crippen LogP contribution in [0.15, 0.2) is 24.3 Å². The van der Waals surface area contributed by atoms with E-state index in [4.69, 9.17) is 16.3 Å². The summed E-state index contributed by atoms with van der Waals surface area (Å²) in [5.41, 5.74) is 1.44. The van der Waals surface area contributed by atoms with Crippen LogP contribution in [-0.4, -0.2) is 50.3 Å². The first-order chi connectivity index (χ1) is 10.3. The molecule has 1 aliphatic carbocycles. The Kier molecular flexibility index (Phi) is 5.53. The van der Waals surface area contributed by atoms with E-state index in [9.17, 15) is 0 Å². The van der Waals surface area contributed by atoms with Gasteiger partial charge in [0.15, 0.2) is 0 Å². The Morgan fingerprint density at radius 2 is 1.86 bits per heavy atom. The van der Waals surface area contributed by atoms with Crippen LogP contribution >= 0.6 is 11.6 Å². The molecule has 1 saturated heterocycles. The van der Waals surface area contributed by atoms with Gasteiger partial charge in [0, 0.05) is 24.2 Å². The van der Waals surface area contributed by atoms with E-state index < -0.39 is 0 Å². The van der Waals surface area contributed by atoms with E-state index in [0.717, 1.165) is 43.8 Å². The zero-order valence-electron chi connectivity index (χ0n) is 12.6. The number of hydrogen-bond acceptors (Lipinski definition) is 3. The predicted octanol–water partition coefficient (Wildman–Crippen LogP) is 2.90. The number of ether oxygens (including phenoxy) is 1. The van der Waals surface area contributed by atoms with Crippen LogP contribution in [0.5, 0.6) is 0 Å². The summed E-state index contributed by atoms with van der Waals surface area (Å²) >= 11 is 5.93. The Labute approximate surface area is 132 Å². The van der Waals surface area contributed by atoms with Gasteiger partial charge in [-0.15, -0.1) is 0 Å². The molecule has 0 bridgehead atoms. The van der Waals surface area contributed by atoms with Gasteiger partial charge in [-0.2, -0.15) is 0 Å². The third-order valence-electron chi connectivity index (χ3n) is 4.67. The summed E-state index contributed by atoms with van der Waals surface area (Å²) in [5.74, 6) is 0.721. The fourth-order valence-corrected chi connectivity index (χ4v) is 3.35. The number of halogens is 1. The van der Waals surface area contributed by atoms with Crippen LogP contribution in [0.2, 0.25) is 5.02 Å². The van der Waals surface area contributed by atoms with E-state index in [1.165, 1.54) is 31.4 Å². The molecule has 0 amide bonds. The molecule has 3 rings (SSSR count). The SMILES string of the molecule is Clc1ccc(C2CC(NCCCN3CCOCC3)C2)cc1. The van der Waals surface area contributed by atoms with Crippen molar-refractivity contribution in [1.82, 2.24) is 10.2 Å². The lowest BCUT2D eigenvalue weighted by molar-refractivity contribution is 0.0372. The highest BCUT2D eigenvalue weighted by molar-refractivity contribution is 6.30. The fraction of sp³-hybridized carbons (Fsp3) is 0.647. The van der Waals surface area contributed by atoms with Gasteiger partial charge in [0.25, 0.3) is 0 Å². The number of nitrogens with zero attached hydrogens (tertiary/aromatic N) is 1. The maximum atomic E-state index is 5.93. The number of nitrogens with one attached hydrogen (secondary N) is 1. The molecule has 1 N–H and O–H groups in total. The van der Waals surface area contributed by atoms with Gasteiger partial charge in [0.1, 0.15) is 0 Å². The zero-order chi connectivity index (χ0) is 14.5. The van der Waals surface area contributed by atoms with Gasteiger partial charge in [-0.05, 0) is 56.0 Å². The van der Waals surface area contributed by atoms with Gasteiger partial charge in [-0.25, -0.2) is 0 Å². The standard InChI is InChI=1S/C17H25ClN2O/c18-16-4-2-14(3-5-16)15-12-17(13-15)19-6-1-7-20-8-10-21-11-9-20/h2-5,15,17,19H,1,6-13H2. The molecular weight excluding hydrogens is 284 g/mol. The molecule has 0 spiro atoms. The maximum absolute atomic E-state index is 5.93. The van der Waals surface area contributed by atoms with Crippen LogP contribution in [0.25, 0.3) is 0 Å². The van der Waals surface area contributed by atoms with Crippen LogP contribution in [0, 0.1) is 0 Å². The molecule has 1 aromatic carbocycles. The molecule has 116 valence electrons. The van der Waals surface area contributed by atoms with E-state index in [-0.39, 0.29) is 0 Å². The topological polar surface area (TPSA) is 24.5 Å². The van der Waals surface area contributed by atoms with Crippen molar-refractivity contribution in [3.05, 3.63) is 34.9 Å². The summed E-state index contributed by atoms with van der Waals surface area (Å²) in [6, 6.07) is 9.04. The number of benzene rings is 1. The first-order valence-electron chi connectivity index (χ1n) is 8.10. The maximum Gasteiger partial charge on any atom is 0.0594 e. The van der Waals surface area contributed by atoms with Crippen LogP contribution in [0.3, 0.4) is 0 Å². The number of hydrogen-bond donors (Lipinski definition) is 1. The lowest BCUT2D eigenvalue weighted by atomic mass is 9.76. The second-order valence-electron chi connectivity index (χ2n) is 6.18. The third kappa shape index (κ3) is 4.43. The smallest absolute Gasteiger partial charge is 0.0594 e. The molecule has 1 aliphatic heterocycles. The molecule has 1 aromatic rings. The van der Waals surface area contributed by atoms with Gasteiger partial charge in [0.05, 0.1) is 13.2 Å². The largest absolute Gasteiger partial charge is 0.379 e. The minimum Gasteiger partial charge on any atom is -0.379 e. The van der Waals surface area contributed by atoms with E-state index in [1.807, 2.05) is 12.1 Å². The molecule has 0 atom stereocenters.